The van der Waals surface area contributed by atoms with Crippen molar-refractivity contribution in [2.75, 3.05) is 26.2 Å². The number of piperidine rings is 1. The first-order chi connectivity index (χ1) is 10.9. The van der Waals surface area contributed by atoms with Crippen LogP contribution in [0.25, 0.3) is 0 Å². The molecule has 6 nitrogen and oxygen atoms in total. The summed E-state index contributed by atoms with van der Waals surface area (Å²) < 4.78 is 26.6. The predicted octanol–water partition coefficient (Wildman–Crippen LogP) is 1.24. The first kappa shape index (κ1) is 18.2. The SMILES string of the molecule is O=C(NCCCO)[C@@H]1CCCN(S(=O)(=O)c2ccc(Cl)cc2)C1. The number of carbonyl (C=O) groups is 1. The van der Waals surface area contributed by atoms with Crippen LogP contribution in [-0.2, 0) is 14.8 Å². The van der Waals surface area contributed by atoms with Crippen LogP contribution in [0.1, 0.15) is 19.3 Å². The van der Waals surface area contributed by atoms with E-state index in [1.54, 1.807) is 0 Å². The molecule has 0 radical (unpaired) electrons. The van der Waals surface area contributed by atoms with Gasteiger partial charge in [-0.15, -0.1) is 0 Å². The Morgan fingerprint density at radius 2 is 2.04 bits per heavy atom. The van der Waals surface area contributed by atoms with Crippen LogP contribution in [-0.4, -0.2) is 50.0 Å². The Morgan fingerprint density at radius 1 is 1.35 bits per heavy atom. The standard InChI is InChI=1S/C15H21ClN2O4S/c16-13-4-6-14(7-5-13)23(21,22)18-9-1-3-12(11-18)15(20)17-8-2-10-19/h4-7,12,19H,1-3,8-11H2,(H,17,20)/t12-/m1/s1. The maximum atomic E-state index is 12.6. The molecule has 23 heavy (non-hydrogen) atoms. The van der Waals surface area contributed by atoms with Crippen LogP contribution in [0, 0.1) is 5.92 Å². The van der Waals surface area contributed by atoms with E-state index in [2.05, 4.69) is 5.32 Å². The molecule has 0 saturated carbocycles. The van der Waals surface area contributed by atoms with Gasteiger partial charge < -0.3 is 10.4 Å². The molecule has 1 aromatic rings. The summed E-state index contributed by atoms with van der Waals surface area (Å²) >= 11 is 5.79. The zero-order valence-corrected chi connectivity index (χ0v) is 14.3. The highest BCUT2D eigenvalue weighted by Crippen LogP contribution is 2.24. The van der Waals surface area contributed by atoms with Gasteiger partial charge in [0.15, 0.2) is 0 Å². The summed E-state index contributed by atoms with van der Waals surface area (Å²) in [7, 11) is -3.62. The van der Waals surface area contributed by atoms with Gasteiger partial charge in [0.05, 0.1) is 10.8 Å². The first-order valence-corrected chi connectivity index (χ1v) is 9.41. The summed E-state index contributed by atoms with van der Waals surface area (Å²) in [5.41, 5.74) is 0. The Labute approximate surface area is 141 Å². The van der Waals surface area contributed by atoms with Crippen molar-refractivity contribution in [1.29, 1.82) is 0 Å². The van der Waals surface area contributed by atoms with Crippen LogP contribution in [0.3, 0.4) is 0 Å². The van der Waals surface area contributed by atoms with Crippen molar-refractivity contribution in [3.63, 3.8) is 0 Å². The largest absolute Gasteiger partial charge is 0.396 e. The van der Waals surface area contributed by atoms with Gasteiger partial charge >= 0.3 is 0 Å². The summed E-state index contributed by atoms with van der Waals surface area (Å²) in [5, 5.41) is 11.9. The van der Waals surface area contributed by atoms with Crippen molar-refractivity contribution in [2.24, 2.45) is 5.92 Å². The van der Waals surface area contributed by atoms with Gasteiger partial charge in [-0.05, 0) is 43.5 Å². The van der Waals surface area contributed by atoms with Gasteiger partial charge in [0.1, 0.15) is 0 Å². The number of sulfonamides is 1. The molecule has 0 unspecified atom stereocenters. The van der Waals surface area contributed by atoms with Crippen molar-refractivity contribution in [3.8, 4) is 0 Å². The molecule has 0 bridgehead atoms. The van der Waals surface area contributed by atoms with Crippen molar-refractivity contribution in [1.82, 2.24) is 9.62 Å². The van der Waals surface area contributed by atoms with Crippen LogP contribution < -0.4 is 5.32 Å². The minimum atomic E-state index is -3.62. The highest BCUT2D eigenvalue weighted by atomic mass is 35.5. The minimum Gasteiger partial charge on any atom is -0.396 e. The van der Waals surface area contributed by atoms with Crippen LogP contribution >= 0.6 is 11.6 Å². The Morgan fingerprint density at radius 3 is 2.70 bits per heavy atom. The topological polar surface area (TPSA) is 86.7 Å². The van der Waals surface area contributed by atoms with Gasteiger partial charge in [0, 0.05) is 31.3 Å². The number of rotatable bonds is 6. The second-order valence-electron chi connectivity index (χ2n) is 5.52. The van der Waals surface area contributed by atoms with Crippen LogP contribution in [0.5, 0.6) is 0 Å². The molecular formula is C15H21ClN2O4S. The summed E-state index contributed by atoms with van der Waals surface area (Å²) in [5.74, 6) is -0.515. The quantitative estimate of drug-likeness (QED) is 0.747. The molecule has 1 aliphatic rings. The van der Waals surface area contributed by atoms with Gasteiger partial charge in [-0.25, -0.2) is 8.42 Å². The van der Waals surface area contributed by atoms with Crippen LogP contribution in [0.15, 0.2) is 29.2 Å². The molecule has 1 aliphatic heterocycles. The van der Waals surface area contributed by atoms with E-state index in [-0.39, 0.29) is 29.9 Å². The highest BCUT2D eigenvalue weighted by molar-refractivity contribution is 7.89. The second-order valence-corrected chi connectivity index (χ2v) is 7.90. The normalized spacial score (nSPS) is 19.5. The van der Waals surface area contributed by atoms with Crippen molar-refractivity contribution in [3.05, 3.63) is 29.3 Å². The monoisotopic (exact) mass is 360 g/mol. The van der Waals surface area contributed by atoms with Gasteiger partial charge in [0.25, 0.3) is 0 Å². The fourth-order valence-electron chi connectivity index (χ4n) is 2.57. The van der Waals surface area contributed by atoms with Crippen molar-refractivity contribution in [2.45, 2.75) is 24.2 Å². The lowest BCUT2D eigenvalue weighted by atomic mass is 9.99. The lowest BCUT2D eigenvalue weighted by Gasteiger charge is -2.31. The van der Waals surface area contributed by atoms with E-state index >= 15 is 0 Å². The maximum Gasteiger partial charge on any atom is 0.243 e. The van der Waals surface area contributed by atoms with Gasteiger partial charge in [-0.2, -0.15) is 4.31 Å². The van der Waals surface area contributed by atoms with E-state index < -0.39 is 10.0 Å². The lowest BCUT2D eigenvalue weighted by Crippen LogP contribution is -2.45. The van der Waals surface area contributed by atoms with E-state index in [1.165, 1.54) is 28.6 Å². The molecule has 0 spiro atoms. The van der Waals surface area contributed by atoms with Crippen LogP contribution in [0.4, 0.5) is 0 Å². The second kappa shape index (κ2) is 8.10. The predicted molar refractivity (Wildman–Crippen MR) is 87.6 cm³/mol. The minimum absolute atomic E-state index is 0.0159. The summed E-state index contributed by atoms with van der Waals surface area (Å²) in [6, 6.07) is 6.03. The number of aliphatic hydroxyl groups is 1. The number of aliphatic hydroxyl groups excluding tert-OH is 1. The number of carbonyl (C=O) groups excluding carboxylic acids is 1. The third-order valence-corrected chi connectivity index (χ3v) is 5.97. The van der Waals surface area contributed by atoms with E-state index in [0.29, 0.717) is 37.4 Å². The zero-order chi connectivity index (χ0) is 16.9. The van der Waals surface area contributed by atoms with E-state index in [9.17, 15) is 13.2 Å². The smallest absolute Gasteiger partial charge is 0.243 e. The first-order valence-electron chi connectivity index (χ1n) is 7.59. The van der Waals surface area contributed by atoms with E-state index in [0.717, 1.165) is 0 Å². The van der Waals surface area contributed by atoms with E-state index in [4.69, 9.17) is 16.7 Å². The Kier molecular flexibility index (Phi) is 6.41. The molecule has 1 saturated heterocycles. The summed E-state index contributed by atoms with van der Waals surface area (Å²) in [6.45, 7) is 0.999. The Hall–Kier alpha value is -1.15. The number of nitrogens with zero attached hydrogens (tertiary/aromatic N) is 1. The molecule has 128 valence electrons. The molecule has 1 aromatic carbocycles. The molecule has 2 rings (SSSR count). The fraction of sp³-hybridized carbons (Fsp3) is 0.533. The molecule has 1 heterocycles. The van der Waals surface area contributed by atoms with E-state index in [1.807, 2.05) is 0 Å². The van der Waals surface area contributed by atoms with Gasteiger partial charge in [0.2, 0.25) is 15.9 Å². The molecule has 8 heteroatoms. The Bertz CT molecular complexity index is 633. The van der Waals surface area contributed by atoms with Gasteiger partial charge in [-0.1, -0.05) is 11.6 Å². The highest BCUT2D eigenvalue weighted by Gasteiger charge is 2.33. The molecule has 1 atom stereocenters. The Balaban J connectivity index is 2.05. The number of amides is 1. The fourth-order valence-corrected chi connectivity index (χ4v) is 4.22. The van der Waals surface area contributed by atoms with Crippen molar-refractivity contribution < 1.29 is 18.3 Å². The average molecular weight is 361 g/mol. The number of halogens is 1. The zero-order valence-electron chi connectivity index (χ0n) is 12.7. The van der Waals surface area contributed by atoms with Gasteiger partial charge in [-0.3, -0.25) is 4.79 Å². The lowest BCUT2D eigenvalue weighted by molar-refractivity contribution is -0.126. The number of hydrogen-bond acceptors (Lipinski definition) is 4. The number of hydrogen-bond donors (Lipinski definition) is 2. The summed E-state index contributed by atoms with van der Waals surface area (Å²) in [4.78, 5) is 12.3. The third-order valence-electron chi connectivity index (χ3n) is 3.84. The number of nitrogens with one attached hydrogen (secondary N) is 1. The third kappa shape index (κ3) is 4.67. The summed E-state index contributed by atoms with van der Waals surface area (Å²) in [6.07, 6.45) is 1.80. The molecule has 2 N–H and O–H groups in total. The van der Waals surface area contributed by atoms with Crippen molar-refractivity contribution >= 4 is 27.5 Å². The van der Waals surface area contributed by atoms with Crippen LogP contribution in [0.2, 0.25) is 5.02 Å². The molecular weight excluding hydrogens is 340 g/mol. The average Bonchev–Trinajstić information content (AvgIpc) is 2.55. The molecule has 0 aromatic heterocycles. The molecule has 1 fully saturated rings. The molecule has 1 amide bonds. The maximum absolute atomic E-state index is 12.6. The number of benzene rings is 1. The molecule has 0 aliphatic carbocycles.